The predicted octanol–water partition coefficient (Wildman–Crippen LogP) is 2.55. The molecular weight excluding hydrogens is 432 g/mol. The molecule has 10 heteroatoms. The van der Waals surface area contributed by atoms with Crippen molar-refractivity contribution in [3.05, 3.63) is 22.3 Å². The third-order valence-corrected chi connectivity index (χ3v) is 5.69. The van der Waals surface area contributed by atoms with E-state index in [4.69, 9.17) is 28.9 Å². The normalized spacial score (nSPS) is 23.0. The molecule has 154 valence electrons. The summed E-state index contributed by atoms with van der Waals surface area (Å²) in [4.78, 5) is 23.2. The van der Waals surface area contributed by atoms with E-state index in [2.05, 4.69) is 21.7 Å². The fourth-order valence-corrected chi connectivity index (χ4v) is 4.03. The van der Waals surface area contributed by atoms with Gasteiger partial charge in [-0.2, -0.15) is 0 Å². The van der Waals surface area contributed by atoms with Gasteiger partial charge in [0.25, 0.3) is 0 Å². The summed E-state index contributed by atoms with van der Waals surface area (Å²) in [6.07, 6.45) is 2.66. The van der Waals surface area contributed by atoms with Gasteiger partial charge in [-0.05, 0) is 31.0 Å². The number of hydrogen-bond donors (Lipinski definition) is 1. The maximum atomic E-state index is 12.6. The Labute approximate surface area is 183 Å². The molecular formula is C17H27Cl4N5O. The largest absolute Gasteiger partial charge is 0.352 e. The van der Waals surface area contributed by atoms with Crippen LogP contribution in [-0.2, 0) is 4.79 Å². The third kappa shape index (κ3) is 5.99. The molecule has 1 aromatic heterocycles. The minimum Gasteiger partial charge on any atom is -0.352 e. The van der Waals surface area contributed by atoms with Crippen molar-refractivity contribution in [1.29, 1.82) is 0 Å². The lowest BCUT2D eigenvalue weighted by Crippen LogP contribution is -2.51. The van der Waals surface area contributed by atoms with E-state index in [-0.39, 0.29) is 36.1 Å². The molecule has 6 nitrogen and oxygen atoms in total. The zero-order valence-electron chi connectivity index (χ0n) is 15.4. The molecule has 3 rings (SSSR count). The van der Waals surface area contributed by atoms with Crippen LogP contribution in [0.3, 0.4) is 0 Å². The van der Waals surface area contributed by atoms with Gasteiger partial charge in [-0.25, -0.2) is 4.98 Å². The molecule has 0 radical (unpaired) electrons. The monoisotopic (exact) mass is 457 g/mol. The summed E-state index contributed by atoms with van der Waals surface area (Å²) in [5, 5.41) is 1.07. The second-order valence-electron chi connectivity index (χ2n) is 7.30. The van der Waals surface area contributed by atoms with Crippen LogP contribution in [0.4, 0.5) is 5.82 Å². The van der Waals surface area contributed by atoms with Crippen molar-refractivity contribution in [3.8, 4) is 0 Å². The van der Waals surface area contributed by atoms with Gasteiger partial charge < -0.3 is 15.5 Å². The Bertz CT molecular complexity index is 642. The summed E-state index contributed by atoms with van der Waals surface area (Å²) in [7, 11) is 0. The van der Waals surface area contributed by atoms with Gasteiger partial charge in [-0.3, -0.25) is 9.69 Å². The van der Waals surface area contributed by atoms with Gasteiger partial charge in [-0.1, -0.05) is 30.1 Å². The number of carbonyl (C=O) groups excluding carboxylic acids is 1. The highest BCUT2D eigenvalue weighted by molar-refractivity contribution is 6.36. The quantitative estimate of drug-likeness (QED) is 0.750. The predicted molar refractivity (Wildman–Crippen MR) is 116 cm³/mol. The van der Waals surface area contributed by atoms with Crippen molar-refractivity contribution in [3.63, 3.8) is 0 Å². The molecule has 0 spiro atoms. The van der Waals surface area contributed by atoms with E-state index in [0.29, 0.717) is 36.2 Å². The SMILES string of the molecule is CC1(CN)CCN(CC(=O)N2CCN(c3ncc(Cl)cc3Cl)CC2)C1.Cl.Cl. The molecule has 2 N–H and O–H groups in total. The van der Waals surface area contributed by atoms with Crippen molar-refractivity contribution >= 4 is 59.7 Å². The summed E-state index contributed by atoms with van der Waals surface area (Å²) >= 11 is 12.1. The summed E-state index contributed by atoms with van der Waals surface area (Å²) in [5.41, 5.74) is 5.99. The van der Waals surface area contributed by atoms with Crippen molar-refractivity contribution in [2.45, 2.75) is 13.3 Å². The Balaban J connectivity index is 0.00000182. The van der Waals surface area contributed by atoms with Crippen LogP contribution in [0, 0.1) is 5.41 Å². The molecule has 3 heterocycles. The first-order chi connectivity index (χ1) is 11.9. The number of nitrogens with zero attached hydrogens (tertiary/aromatic N) is 4. The first kappa shape index (κ1) is 24.5. The number of nitrogens with two attached hydrogens (primary N) is 1. The Morgan fingerprint density at radius 3 is 2.44 bits per heavy atom. The molecule has 1 unspecified atom stereocenters. The van der Waals surface area contributed by atoms with Gasteiger partial charge in [0.1, 0.15) is 5.82 Å². The third-order valence-electron chi connectivity index (χ3n) is 5.21. The second-order valence-corrected chi connectivity index (χ2v) is 8.15. The minimum absolute atomic E-state index is 0. The molecule has 0 aliphatic carbocycles. The Hall–Kier alpha value is -0.500. The number of likely N-dealkylation sites (tertiary alicyclic amines) is 1. The van der Waals surface area contributed by atoms with Crippen molar-refractivity contribution < 1.29 is 4.79 Å². The first-order valence-electron chi connectivity index (χ1n) is 8.66. The average molecular weight is 459 g/mol. The van der Waals surface area contributed by atoms with Crippen LogP contribution in [0.2, 0.25) is 10.0 Å². The zero-order valence-corrected chi connectivity index (χ0v) is 18.5. The van der Waals surface area contributed by atoms with Gasteiger partial charge in [0.2, 0.25) is 5.91 Å². The molecule has 2 aliphatic rings. The Kier molecular flexibility index (Phi) is 9.38. The van der Waals surface area contributed by atoms with E-state index in [1.807, 2.05) is 4.90 Å². The van der Waals surface area contributed by atoms with E-state index in [9.17, 15) is 4.79 Å². The fourth-order valence-electron chi connectivity index (χ4n) is 3.53. The number of piperazine rings is 1. The van der Waals surface area contributed by atoms with Crippen LogP contribution in [0.1, 0.15) is 13.3 Å². The summed E-state index contributed by atoms with van der Waals surface area (Å²) in [6, 6.07) is 1.70. The van der Waals surface area contributed by atoms with E-state index in [0.717, 1.165) is 38.4 Å². The molecule has 0 bridgehead atoms. The topological polar surface area (TPSA) is 65.7 Å². The minimum atomic E-state index is 0. The van der Waals surface area contributed by atoms with Crippen LogP contribution in [0.5, 0.6) is 0 Å². The van der Waals surface area contributed by atoms with Crippen molar-refractivity contribution in [2.75, 3.05) is 57.3 Å². The lowest BCUT2D eigenvalue weighted by atomic mass is 9.90. The highest BCUT2D eigenvalue weighted by atomic mass is 35.5. The molecule has 1 atom stereocenters. The molecule has 27 heavy (non-hydrogen) atoms. The van der Waals surface area contributed by atoms with Gasteiger partial charge in [-0.15, -0.1) is 24.8 Å². The van der Waals surface area contributed by atoms with E-state index in [1.54, 1.807) is 12.3 Å². The Morgan fingerprint density at radius 1 is 1.22 bits per heavy atom. The molecule has 0 saturated carbocycles. The molecule has 1 aromatic rings. The fraction of sp³-hybridized carbons (Fsp3) is 0.647. The van der Waals surface area contributed by atoms with Gasteiger partial charge in [0, 0.05) is 38.9 Å². The highest BCUT2D eigenvalue weighted by Crippen LogP contribution is 2.29. The number of rotatable bonds is 4. The maximum Gasteiger partial charge on any atom is 0.236 e. The second kappa shape index (κ2) is 10.3. The van der Waals surface area contributed by atoms with E-state index >= 15 is 0 Å². The number of hydrogen-bond acceptors (Lipinski definition) is 5. The molecule has 2 saturated heterocycles. The van der Waals surface area contributed by atoms with Crippen molar-refractivity contribution in [2.24, 2.45) is 11.1 Å². The zero-order chi connectivity index (χ0) is 18.0. The van der Waals surface area contributed by atoms with Gasteiger partial charge in [0.15, 0.2) is 0 Å². The van der Waals surface area contributed by atoms with Crippen LogP contribution in [0.25, 0.3) is 0 Å². The van der Waals surface area contributed by atoms with Crippen molar-refractivity contribution in [1.82, 2.24) is 14.8 Å². The molecule has 1 amide bonds. The molecule has 2 fully saturated rings. The van der Waals surface area contributed by atoms with Crippen LogP contribution in [-0.4, -0.2) is 73.0 Å². The van der Waals surface area contributed by atoms with Gasteiger partial charge >= 0.3 is 0 Å². The van der Waals surface area contributed by atoms with E-state index < -0.39 is 0 Å². The van der Waals surface area contributed by atoms with Crippen LogP contribution < -0.4 is 10.6 Å². The van der Waals surface area contributed by atoms with Crippen LogP contribution in [0.15, 0.2) is 12.3 Å². The smallest absolute Gasteiger partial charge is 0.236 e. The molecule has 0 aromatic carbocycles. The molecule has 2 aliphatic heterocycles. The lowest BCUT2D eigenvalue weighted by molar-refractivity contribution is -0.132. The van der Waals surface area contributed by atoms with Gasteiger partial charge in [0.05, 0.1) is 16.6 Å². The number of anilines is 1. The highest BCUT2D eigenvalue weighted by Gasteiger charge is 2.34. The number of aromatic nitrogens is 1. The summed E-state index contributed by atoms with van der Waals surface area (Å²) in [6.45, 7) is 8.01. The average Bonchev–Trinajstić information content (AvgIpc) is 2.97. The number of halogens is 4. The Morgan fingerprint density at radius 2 is 1.89 bits per heavy atom. The standard InChI is InChI=1S/C17H25Cl2N5O.2ClH/c1-17(11-20)2-3-22(12-17)10-15(25)23-4-6-24(7-5-23)16-14(19)8-13(18)9-21-16;;/h8-9H,2-7,10-12,20H2,1H3;2*1H. The van der Waals surface area contributed by atoms with E-state index in [1.165, 1.54) is 0 Å². The van der Waals surface area contributed by atoms with Crippen LogP contribution >= 0.6 is 48.0 Å². The lowest BCUT2D eigenvalue weighted by Gasteiger charge is -2.36. The number of carbonyl (C=O) groups is 1. The number of amides is 1. The summed E-state index contributed by atoms with van der Waals surface area (Å²) < 4.78 is 0. The first-order valence-corrected chi connectivity index (χ1v) is 9.42. The number of pyridine rings is 1. The summed E-state index contributed by atoms with van der Waals surface area (Å²) in [5.74, 6) is 0.924. The maximum absolute atomic E-state index is 12.6.